The maximum Gasteiger partial charge on any atom is 0.270 e. The first-order valence-electron chi connectivity index (χ1n) is 13.6. The number of nitrogens with zero attached hydrogens (tertiary/aromatic N) is 3. The highest BCUT2D eigenvalue weighted by Crippen LogP contribution is 2.30. The van der Waals surface area contributed by atoms with Gasteiger partial charge >= 0.3 is 0 Å². The monoisotopic (exact) mass is 577 g/mol. The number of benzene rings is 4. The summed E-state index contributed by atoms with van der Waals surface area (Å²) in [5, 5.41) is 17.0. The molecule has 3 N–H and O–H groups in total. The Balaban J connectivity index is 1.30. The molecule has 0 aliphatic rings. The van der Waals surface area contributed by atoms with Gasteiger partial charge in [0.25, 0.3) is 11.6 Å². The van der Waals surface area contributed by atoms with Crippen molar-refractivity contribution in [3.63, 3.8) is 0 Å². The van der Waals surface area contributed by atoms with Crippen LogP contribution >= 0.6 is 11.3 Å². The molecule has 0 unspecified atom stereocenters. The lowest BCUT2D eigenvalue weighted by Gasteiger charge is -2.22. The predicted molar refractivity (Wildman–Crippen MR) is 167 cm³/mol. The molecule has 1 heterocycles. The van der Waals surface area contributed by atoms with Crippen LogP contribution in [-0.2, 0) is 26.1 Å². The first-order valence-corrected chi connectivity index (χ1v) is 14.5. The fourth-order valence-electron chi connectivity index (χ4n) is 4.60. The van der Waals surface area contributed by atoms with Crippen LogP contribution in [0.15, 0.2) is 109 Å². The smallest absolute Gasteiger partial charge is 0.270 e. The van der Waals surface area contributed by atoms with Gasteiger partial charge in [0, 0.05) is 54.8 Å². The van der Waals surface area contributed by atoms with Crippen molar-refractivity contribution < 1.29 is 9.72 Å². The molecule has 5 rings (SSSR count). The number of nitrogens with one attached hydrogen (secondary N) is 1. The Kier molecular flexibility index (Phi) is 9.33. The van der Waals surface area contributed by atoms with Crippen molar-refractivity contribution in [1.82, 2.24) is 10.3 Å². The number of hydrogen-bond donors (Lipinski definition) is 2. The zero-order valence-corrected chi connectivity index (χ0v) is 23.8. The Morgan fingerprint density at radius 1 is 0.881 bits per heavy atom. The topological polar surface area (TPSA) is 114 Å². The molecule has 0 atom stereocenters. The second-order valence-electron chi connectivity index (χ2n) is 9.88. The molecule has 9 heteroatoms. The second-order valence-corrected chi connectivity index (χ2v) is 10.7. The minimum absolute atomic E-state index is 0.0381. The fourth-order valence-corrected chi connectivity index (χ4v) is 5.47. The van der Waals surface area contributed by atoms with Crippen LogP contribution in [0.25, 0.3) is 11.3 Å². The molecule has 0 aliphatic heterocycles. The minimum Gasteiger partial charge on any atom is -0.348 e. The SMILES string of the molecule is NCc1cccc(CNC(=O)c2ccc(CN(CCc3ccccc3)c3nc(-c4cccc([N+](=O)[O-])c4)cs3)cc2)c1. The van der Waals surface area contributed by atoms with Crippen LogP contribution in [0.1, 0.15) is 32.6 Å². The van der Waals surface area contributed by atoms with Crippen LogP contribution in [-0.4, -0.2) is 22.4 Å². The number of nitro groups is 1. The molecular formula is C33H31N5O3S. The Bertz CT molecular complexity index is 1650. The van der Waals surface area contributed by atoms with Crippen LogP contribution in [0, 0.1) is 10.1 Å². The molecule has 212 valence electrons. The van der Waals surface area contributed by atoms with E-state index in [1.165, 1.54) is 23.0 Å². The predicted octanol–water partition coefficient (Wildman–Crippen LogP) is 6.36. The number of thiazole rings is 1. The van der Waals surface area contributed by atoms with Crippen LogP contribution in [0.5, 0.6) is 0 Å². The number of hydrogen-bond acceptors (Lipinski definition) is 7. The molecule has 42 heavy (non-hydrogen) atoms. The zero-order chi connectivity index (χ0) is 29.3. The van der Waals surface area contributed by atoms with E-state index in [2.05, 4.69) is 22.3 Å². The summed E-state index contributed by atoms with van der Waals surface area (Å²) in [6.45, 7) is 2.22. The number of carbonyl (C=O) groups excluding carboxylic acids is 1. The van der Waals surface area contributed by atoms with E-state index in [1.54, 1.807) is 12.1 Å². The summed E-state index contributed by atoms with van der Waals surface area (Å²) in [6, 6.07) is 32.3. The van der Waals surface area contributed by atoms with Crippen molar-refractivity contribution in [1.29, 1.82) is 0 Å². The molecule has 4 aromatic carbocycles. The van der Waals surface area contributed by atoms with Crippen LogP contribution in [0.4, 0.5) is 10.8 Å². The maximum atomic E-state index is 12.8. The van der Waals surface area contributed by atoms with Gasteiger partial charge < -0.3 is 16.0 Å². The largest absolute Gasteiger partial charge is 0.348 e. The highest BCUT2D eigenvalue weighted by atomic mass is 32.1. The molecule has 0 bridgehead atoms. The molecule has 5 aromatic rings. The van der Waals surface area contributed by atoms with E-state index in [0.29, 0.717) is 36.5 Å². The van der Waals surface area contributed by atoms with Crippen LogP contribution in [0.2, 0.25) is 0 Å². The van der Waals surface area contributed by atoms with Crippen molar-refractivity contribution in [2.24, 2.45) is 5.73 Å². The average Bonchev–Trinajstić information content (AvgIpc) is 3.53. The highest BCUT2D eigenvalue weighted by molar-refractivity contribution is 7.14. The Labute approximate surface area is 248 Å². The van der Waals surface area contributed by atoms with Crippen molar-refractivity contribution in [2.45, 2.75) is 26.1 Å². The second kappa shape index (κ2) is 13.7. The quantitative estimate of drug-likeness (QED) is 0.132. The third-order valence-electron chi connectivity index (χ3n) is 6.90. The lowest BCUT2D eigenvalue weighted by Crippen LogP contribution is -2.25. The minimum atomic E-state index is -0.397. The highest BCUT2D eigenvalue weighted by Gasteiger charge is 2.16. The number of anilines is 1. The number of rotatable bonds is 12. The number of carbonyl (C=O) groups is 1. The van der Waals surface area contributed by atoms with Gasteiger partial charge in [-0.2, -0.15) is 0 Å². The lowest BCUT2D eigenvalue weighted by atomic mass is 10.1. The van der Waals surface area contributed by atoms with E-state index in [4.69, 9.17) is 10.7 Å². The van der Waals surface area contributed by atoms with Gasteiger partial charge in [0.1, 0.15) is 0 Å². The summed E-state index contributed by atoms with van der Waals surface area (Å²) in [7, 11) is 0. The van der Waals surface area contributed by atoms with Gasteiger partial charge in [0.15, 0.2) is 5.13 Å². The number of non-ortho nitro benzene ring substituents is 1. The van der Waals surface area contributed by atoms with Crippen molar-refractivity contribution >= 4 is 28.1 Å². The molecule has 0 fully saturated rings. The summed E-state index contributed by atoms with van der Waals surface area (Å²) in [6.07, 6.45) is 0.832. The maximum absolute atomic E-state index is 12.8. The molecule has 0 saturated carbocycles. The summed E-state index contributed by atoms with van der Waals surface area (Å²) in [5.41, 5.74) is 12.1. The molecule has 8 nitrogen and oxygen atoms in total. The summed E-state index contributed by atoms with van der Waals surface area (Å²) in [5.74, 6) is -0.137. The third kappa shape index (κ3) is 7.45. The van der Waals surface area contributed by atoms with E-state index < -0.39 is 4.92 Å². The van der Waals surface area contributed by atoms with Gasteiger partial charge in [-0.1, -0.05) is 78.9 Å². The number of nitro benzene ring substituents is 1. The van der Waals surface area contributed by atoms with E-state index in [-0.39, 0.29) is 11.6 Å². The van der Waals surface area contributed by atoms with Crippen LogP contribution < -0.4 is 16.0 Å². The molecule has 1 amide bonds. The zero-order valence-electron chi connectivity index (χ0n) is 23.0. The molecule has 0 spiro atoms. The molecule has 0 radical (unpaired) electrons. The van der Waals surface area contributed by atoms with Crippen LogP contribution in [0.3, 0.4) is 0 Å². The standard InChI is InChI=1S/C33H31N5O3S/c34-20-26-8-4-9-27(18-26)21-35-32(39)28-14-12-25(13-15-28)22-37(17-16-24-6-2-1-3-7-24)33-36-31(23-42-33)29-10-5-11-30(19-29)38(40)41/h1-15,18-19,23H,16-17,20-22,34H2,(H,35,39). The third-order valence-corrected chi connectivity index (χ3v) is 7.80. The Morgan fingerprint density at radius 3 is 2.38 bits per heavy atom. The molecule has 1 aromatic heterocycles. The van der Waals surface area contributed by atoms with Crippen molar-refractivity contribution in [3.8, 4) is 11.3 Å². The Morgan fingerprint density at radius 2 is 1.62 bits per heavy atom. The fraction of sp³-hybridized carbons (Fsp3) is 0.152. The Hall–Kier alpha value is -4.86. The van der Waals surface area contributed by atoms with Crippen molar-refractivity contribution in [3.05, 3.63) is 146 Å². The normalized spacial score (nSPS) is 10.8. The summed E-state index contributed by atoms with van der Waals surface area (Å²) < 4.78 is 0. The van der Waals surface area contributed by atoms with Gasteiger partial charge in [-0.3, -0.25) is 14.9 Å². The van der Waals surface area contributed by atoms with Crippen molar-refractivity contribution in [2.75, 3.05) is 11.4 Å². The molecular weight excluding hydrogens is 546 g/mol. The first kappa shape index (κ1) is 28.7. The summed E-state index contributed by atoms with van der Waals surface area (Å²) in [4.78, 5) is 30.7. The van der Waals surface area contributed by atoms with E-state index >= 15 is 0 Å². The lowest BCUT2D eigenvalue weighted by molar-refractivity contribution is -0.384. The van der Waals surface area contributed by atoms with Gasteiger partial charge in [-0.25, -0.2) is 4.98 Å². The van der Waals surface area contributed by atoms with Gasteiger partial charge in [0.05, 0.1) is 10.6 Å². The van der Waals surface area contributed by atoms with E-state index in [0.717, 1.165) is 34.8 Å². The number of amides is 1. The number of nitrogens with two attached hydrogens (primary N) is 1. The van der Waals surface area contributed by atoms with Gasteiger partial charge in [0.2, 0.25) is 0 Å². The average molecular weight is 578 g/mol. The number of aromatic nitrogens is 1. The first-order chi connectivity index (χ1) is 20.5. The van der Waals surface area contributed by atoms with E-state index in [1.807, 2.05) is 78.2 Å². The summed E-state index contributed by atoms with van der Waals surface area (Å²) >= 11 is 1.51. The molecule has 0 saturated heterocycles. The van der Waals surface area contributed by atoms with E-state index in [9.17, 15) is 14.9 Å². The van der Waals surface area contributed by atoms with Gasteiger partial charge in [-0.05, 0) is 40.8 Å². The van der Waals surface area contributed by atoms with Gasteiger partial charge in [-0.15, -0.1) is 11.3 Å². The molecule has 0 aliphatic carbocycles.